The predicted octanol–water partition coefficient (Wildman–Crippen LogP) is 9.25. The highest BCUT2D eigenvalue weighted by Crippen LogP contribution is 2.55. The first kappa shape index (κ1) is 31.6. The highest BCUT2D eigenvalue weighted by atomic mass is 16.8. The average molecular weight is 563 g/mol. The van der Waals surface area contributed by atoms with Crippen molar-refractivity contribution < 1.29 is 15.2 Å². The van der Waals surface area contributed by atoms with Gasteiger partial charge < -0.3 is 14.8 Å². The molecule has 0 aliphatic carbocycles. The molecular weight excluding hydrogens is 508 g/mol. The molecule has 0 saturated carbocycles. The van der Waals surface area contributed by atoms with Crippen LogP contribution in [0.1, 0.15) is 135 Å². The van der Waals surface area contributed by atoms with E-state index in [2.05, 4.69) is 62.1 Å². The third-order valence-electron chi connectivity index (χ3n) is 9.41. The summed E-state index contributed by atoms with van der Waals surface area (Å²) >= 11 is 0. The summed E-state index contributed by atoms with van der Waals surface area (Å²) in [5.41, 5.74) is 2.75. The molecule has 2 aromatic rings. The number of unbranched alkanes of at least 4 members (excludes halogenated alkanes) is 15. The lowest BCUT2D eigenvalue weighted by atomic mass is 9.76. The van der Waals surface area contributed by atoms with Gasteiger partial charge in [0.2, 0.25) is 5.72 Å². The van der Waals surface area contributed by atoms with Crippen molar-refractivity contribution in [3.8, 4) is 5.75 Å². The summed E-state index contributed by atoms with van der Waals surface area (Å²) in [4.78, 5) is 2.46. The number of hydrogen-bond donors (Lipinski definition) is 2. The second kappa shape index (κ2) is 15.2. The Morgan fingerprint density at radius 1 is 0.780 bits per heavy atom. The molecule has 0 radical (unpaired) electrons. The van der Waals surface area contributed by atoms with Gasteiger partial charge in [-0.25, -0.2) is 5.21 Å². The summed E-state index contributed by atoms with van der Waals surface area (Å²) in [5, 5.41) is 20.0. The lowest BCUT2D eigenvalue weighted by Gasteiger charge is -2.47. The summed E-state index contributed by atoms with van der Waals surface area (Å²) in [6, 6.07) is 13.8. The van der Waals surface area contributed by atoms with E-state index in [1.165, 1.54) is 108 Å². The molecule has 2 atom stereocenters. The van der Waals surface area contributed by atoms with Gasteiger partial charge in [-0.3, -0.25) is 0 Å². The van der Waals surface area contributed by atoms with Gasteiger partial charge in [0, 0.05) is 29.9 Å². The quantitative estimate of drug-likeness (QED) is 0.140. The molecule has 1 spiro atoms. The molecule has 2 aliphatic rings. The van der Waals surface area contributed by atoms with Gasteiger partial charge in [-0.05, 0) is 50.1 Å². The van der Waals surface area contributed by atoms with Gasteiger partial charge in [0.05, 0.1) is 5.41 Å². The van der Waals surface area contributed by atoms with Gasteiger partial charge in [-0.1, -0.05) is 121 Å². The van der Waals surface area contributed by atoms with Gasteiger partial charge in [0.1, 0.15) is 5.75 Å². The van der Waals surface area contributed by atoms with Gasteiger partial charge in [-0.15, -0.1) is 0 Å². The Bertz CT molecular complexity index is 1110. The van der Waals surface area contributed by atoms with Crippen LogP contribution in [-0.2, 0) is 5.41 Å². The molecule has 41 heavy (non-hydrogen) atoms. The third-order valence-corrected chi connectivity index (χ3v) is 9.41. The Hall–Kier alpha value is -2.34. The fourth-order valence-electron chi connectivity index (χ4n) is 6.84. The summed E-state index contributed by atoms with van der Waals surface area (Å²) in [5.74, 6) is 0.746. The van der Waals surface area contributed by atoms with E-state index in [0.717, 1.165) is 24.3 Å². The zero-order valence-electron chi connectivity index (χ0n) is 25.9. The molecule has 0 aromatic heterocycles. The number of quaternary nitrogens is 1. The number of rotatable bonds is 18. The number of anilines is 1. The first-order valence-corrected chi connectivity index (χ1v) is 16.5. The lowest BCUT2D eigenvalue weighted by Crippen LogP contribution is -2.99. The summed E-state index contributed by atoms with van der Waals surface area (Å²) in [7, 11) is 0. The van der Waals surface area contributed by atoms with Crippen molar-refractivity contribution in [3.63, 3.8) is 0 Å². The molecule has 2 N–H and O–H groups in total. The number of ether oxygens (including phenoxy) is 1. The fourth-order valence-corrected chi connectivity index (χ4v) is 6.84. The first-order chi connectivity index (χ1) is 19.9. The van der Waals surface area contributed by atoms with Crippen molar-refractivity contribution in [1.82, 2.24) is 0 Å². The van der Waals surface area contributed by atoms with Crippen molar-refractivity contribution >= 4 is 17.5 Å². The smallest absolute Gasteiger partial charge is 0.212 e. The SMILES string of the molecule is CCCCCCCCCCCCCCCCCCN1c2ccccc2C(C)(C)[C@]12C=Cc1cc([NH+]([O-])O)ccc1O2. The fraction of sp³-hybridized carbons (Fsp3) is 0.611. The molecule has 2 aromatic carbocycles. The van der Waals surface area contributed by atoms with E-state index in [0.29, 0.717) is 0 Å². The molecule has 2 aliphatic heterocycles. The van der Waals surface area contributed by atoms with E-state index in [-0.39, 0.29) is 11.1 Å². The van der Waals surface area contributed by atoms with Crippen LogP contribution in [0.5, 0.6) is 5.75 Å². The van der Waals surface area contributed by atoms with Crippen molar-refractivity contribution in [2.45, 2.75) is 135 Å². The highest BCUT2D eigenvalue weighted by molar-refractivity contribution is 5.73. The highest BCUT2D eigenvalue weighted by Gasteiger charge is 2.58. The Morgan fingerprint density at radius 2 is 1.34 bits per heavy atom. The minimum absolute atomic E-state index is 0.266. The van der Waals surface area contributed by atoms with E-state index >= 15 is 0 Å². The molecule has 226 valence electrons. The van der Waals surface area contributed by atoms with Crippen molar-refractivity contribution in [3.05, 3.63) is 64.9 Å². The van der Waals surface area contributed by atoms with E-state index < -0.39 is 11.0 Å². The van der Waals surface area contributed by atoms with Crippen LogP contribution in [0, 0.1) is 5.21 Å². The molecule has 0 amide bonds. The lowest BCUT2D eigenvalue weighted by molar-refractivity contribution is -0.991. The van der Waals surface area contributed by atoms with Crippen molar-refractivity contribution in [2.24, 2.45) is 0 Å². The van der Waals surface area contributed by atoms with Crippen LogP contribution in [0.3, 0.4) is 0 Å². The van der Waals surface area contributed by atoms with Crippen LogP contribution in [0.15, 0.2) is 48.5 Å². The Morgan fingerprint density at radius 3 is 1.93 bits per heavy atom. The second-order valence-corrected chi connectivity index (χ2v) is 12.8. The van der Waals surface area contributed by atoms with Crippen molar-refractivity contribution in [1.29, 1.82) is 0 Å². The maximum Gasteiger partial charge on any atom is 0.212 e. The van der Waals surface area contributed by atoms with Gasteiger partial charge >= 0.3 is 0 Å². The molecule has 0 saturated heterocycles. The van der Waals surface area contributed by atoms with E-state index in [4.69, 9.17) is 4.74 Å². The number of fused-ring (bicyclic) bond motifs is 2. The monoisotopic (exact) mass is 562 g/mol. The molecule has 2 heterocycles. The van der Waals surface area contributed by atoms with Crippen LogP contribution >= 0.6 is 0 Å². The largest absolute Gasteiger partial charge is 0.595 e. The number of benzene rings is 2. The topological polar surface area (TPSA) is 60.2 Å². The number of nitrogens with zero attached hydrogens (tertiary/aromatic N) is 1. The van der Waals surface area contributed by atoms with Crippen LogP contribution in [0.4, 0.5) is 11.4 Å². The minimum Gasteiger partial charge on any atom is -0.595 e. The maximum absolute atomic E-state index is 11.5. The minimum atomic E-state index is -0.916. The number of para-hydroxylation sites is 1. The summed E-state index contributed by atoms with van der Waals surface area (Å²) in [6.45, 7) is 7.75. The summed E-state index contributed by atoms with van der Waals surface area (Å²) < 4.78 is 6.85. The maximum atomic E-state index is 11.5. The normalized spacial score (nSPS) is 19.3. The van der Waals surface area contributed by atoms with E-state index in [9.17, 15) is 10.4 Å². The molecular formula is C36H54N2O3. The predicted molar refractivity (Wildman–Crippen MR) is 171 cm³/mol. The van der Waals surface area contributed by atoms with Gasteiger partial charge in [0.25, 0.3) is 0 Å². The van der Waals surface area contributed by atoms with E-state index in [1.54, 1.807) is 12.1 Å². The molecule has 5 nitrogen and oxygen atoms in total. The van der Waals surface area contributed by atoms with Gasteiger partial charge in [-0.2, -0.15) is 5.23 Å². The van der Waals surface area contributed by atoms with Crippen LogP contribution in [0.25, 0.3) is 6.08 Å². The Kier molecular flexibility index (Phi) is 11.7. The van der Waals surface area contributed by atoms with Crippen LogP contribution < -0.4 is 14.9 Å². The van der Waals surface area contributed by atoms with E-state index in [1.807, 2.05) is 6.07 Å². The summed E-state index contributed by atoms with van der Waals surface area (Å²) in [6.07, 6.45) is 26.1. The zero-order chi connectivity index (χ0) is 29.1. The first-order valence-electron chi connectivity index (χ1n) is 16.5. The van der Waals surface area contributed by atoms with Crippen LogP contribution in [-0.4, -0.2) is 17.5 Å². The molecule has 1 unspecified atom stereocenters. The van der Waals surface area contributed by atoms with Gasteiger partial charge in [0.15, 0.2) is 5.69 Å². The zero-order valence-corrected chi connectivity index (χ0v) is 25.9. The standard InChI is InChI=1S/C36H54N2O3/c1-4-5-6-7-8-9-10-11-12-13-14-15-16-17-18-21-28-37-33-23-20-19-22-32(33)35(2,3)36(37)27-26-30-29-31(38(39)40)24-25-34(30)41-36/h19-20,22-27,29,38-39H,4-18,21,28H2,1-3H3/t36-/m1/s1. The Labute approximate surface area is 249 Å². The number of hydrogen-bond acceptors (Lipinski definition) is 4. The molecule has 5 heteroatoms. The van der Waals surface area contributed by atoms with Crippen LogP contribution in [0.2, 0.25) is 0 Å². The molecule has 4 rings (SSSR count). The number of nitrogens with one attached hydrogen (secondary N) is 1. The third kappa shape index (κ3) is 7.55. The van der Waals surface area contributed by atoms with Crippen molar-refractivity contribution in [2.75, 3.05) is 11.4 Å². The average Bonchev–Trinajstić information content (AvgIpc) is 3.15. The second-order valence-electron chi connectivity index (χ2n) is 12.8. The molecule has 0 bridgehead atoms. The Balaban J connectivity index is 1.22. The molecule has 0 fully saturated rings.